The van der Waals surface area contributed by atoms with E-state index in [1.165, 1.54) is 57.8 Å². The molecule has 1 unspecified atom stereocenters. The summed E-state index contributed by atoms with van der Waals surface area (Å²) in [5.41, 5.74) is -0.986. The molecule has 0 aromatic heterocycles. The molecule has 0 aromatic rings. The topological polar surface area (TPSA) is 139 Å². The number of carboxylic acid groups (broad SMARTS) is 1. The van der Waals surface area contributed by atoms with Gasteiger partial charge >= 0.3 is 11.9 Å². The quantitative estimate of drug-likeness (QED) is 0.0979. The molecular weight excluding hydrogens is 488 g/mol. The molecule has 2 atom stereocenters. The third-order valence-electron chi connectivity index (χ3n) is 6.97. The SMILES string of the molecule is CCCCCCCCCCCCCCCC(=O)N[C@@H](CCC(=O)OC(C)(C)CC1CC(=O)NC1=O)C(=O)O. The van der Waals surface area contributed by atoms with Crippen molar-refractivity contribution in [2.45, 2.75) is 148 Å². The van der Waals surface area contributed by atoms with Crippen molar-refractivity contribution in [3.63, 3.8) is 0 Å². The average molecular weight is 539 g/mol. The molecule has 0 bridgehead atoms. The number of amides is 3. The number of carbonyl (C=O) groups excluding carboxylic acids is 4. The van der Waals surface area contributed by atoms with Crippen LogP contribution in [0.25, 0.3) is 0 Å². The van der Waals surface area contributed by atoms with Crippen LogP contribution in [-0.2, 0) is 28.7 Å². The first kappa shape index (κ1) is 33.6. The van der Waals surface area contributed by atoms with Gasteiger partial charge in [-0.25, -0.2) is 4.79 Å². The smallest absolute Gasteiger partial charge is 0.326 e. The standard InChI is InChI=1S/C29H50N2O7/c1-4-5-6-7-8-9-10-11-12-13-14-15-16-17-24(32)30-23(28(36)37)18-19-26(34)38-29(2,3)21-22-20-25(33)31-27(22)35/h22-23H,4-21H2,1-3H3,(H,30,32)(H,36,37)(H,31,33,35)/t22?,23-/m0/s1. The van der Waals surface area contributed by atoms with Gasteiger partial charge in [-0.05, 0) is 33.1 Å². The van der Waals surface area contributed by atoms with Gasteiger partial charge in [0.15, 0.2) is 0 Å². The summed E-state index contributed by atoms with van der Waals surface area (Å²) in [6.07, 6.45) is 15.9. The van der Waals surface area contributed by atoms with E-state index in [0.717, 1.165) is 19.3 Å². The molecule has 1 heterocycles. The molecular formula is C29H50N2O7. The van der Waals surface area contributed by atoms with Crippen molar-refractivity contribution < 1.29 is 33.8 Å². The Morgan fingerprint density at radius 1 is 0.921 bits per heavy atom. The van der Waals surface area contributed by atoms with E-state index in [1.54, 1.807) is 13.8 Å². The summed E-state index contributed by atoms with van der Waals surface area (Å²) < 4.78 is 5.44. The van der Waals surface area contributed by atoms with E-state index >= 15 is 0 Å². The predicted octanol–water partition coefficient (Wildman–Crippen LogP) is 5.19. The molecule has 9 nitrogen and oxygen atoms in total. The largest absolute Gasteiger partial charge is 0.480 e. The summed E-state index contributed by atoms with van der Waals surface area (Å²) in [5.74, 6) is -3.42. The van der Waals surface area contributed by atoms with Crippen LogP contribution in [0.15, 0.2) is 0 Å². The molecule has 1 rings (SSSR count). The normalized spacial score (nSPS) is 16.2. The molecule has 3 amide bonds. The van der Waals surface area contributed by atoms with Crippen LogP contribution < -0.4 is 10.6 Å². The Morgan fingerprint density at radius 2 is 1.45 bits per heavy atom. The van der Waals surface area contributed by atoms with Crippen molar-refractivity contribution in [3.8, 4) is 0 Å². The molecule has 0 aliphatic carbocycles. The number of esters is 1. The molecule has 9 heteroatoms. The number of hydrogen-bond acceptors (Lipinski definition) is 6. The van der Waals surface area contributed by atoms with Crippen LogP contribution in [-0.4, -0.2) is 46.4 Å². The number of aliphatic carboxylic acids is 1. The highest BCUT2D eigenvalue weighted by molar-refractivity contribution is 6.03. The van der Waals surface area contributed by atoms with Crippen LogP contribution in [0.5, 0.6) is 0 Å². The van der Waals surface area contributed by atoms with E-state index in [4.69, 9.17) is 4.74 Å². The second-order valence-corrected chi connectivity index (χ2v) is 11.2. The van der Waals surface area contributed by atoms with Gasteiger partial charge in [-0.2, -0.15) is 0 Å². The zero-order chi connectivity index (χ0) is 28.4. The Balaban J connectivity index is 2.17. The van der Waals surface area contributed by atoms with Gasteiger partial charge in [-0.3, -0.25) is 24.5 Å². The first-order valence-electron chi connectivity index (χ1n) is 14.6. The van der Waals surface area contributed by atoms with Gasteiger partial charge in [0, 0.05) is 19.3 Å². The van der Waals surface area contributed by atoms with Crippen LogP contribution in [0.3, 0.4) is 0 Å². The van der Waals surface area contributed by atoms with Crippen LogP contribution in [0.1, 0.15) is 136 Å². The van der Waals surface area contributed by atoms with Crippen molar-refractivity contribution in [1.82, 2.24) is 10.6 Å². The molecule has 0 saturated carbocycles. The maximum atomic E-state index is 12.3. The van der Waals surface area contributed by atoms with E-state index in [-0.39, 0.29) is 49.8 Å². The fourth-order valence-corrected chi connectivity index (χ4v) is 4.86. The first-order chi connectivity index (χ1) is 18.0. The zero-order valence-electron chi connectivity index (χ0n) is 23.8. The fourth-order valence-electron chi connectivity index (χ4n) is 4.86. The fraction of sp³-hybridized carbons (Fsp3) is 0.828. The van der Waals surface area contributed by atoms with Crippen LogP contribution >= 0.6 is 0 Å². The number of unbranched alkanes of at least 4 members (excludes halogenated alkanes) is 12. The van der Waals surface area contributed by atoms with Gasteiger partial charge in [0.05, 0.1) is 5.92 Å². The number of imide groups is 1. The molecule has 38 heavy (non-hydrogen) atoms. The van der Waals surface area contributed by atoms with Crippen LogP contribution in [0, 0.1) is 5.92 Å². The van der Waals surface area contributed by atoms with Gasteiger partial charge in [-0.15, -0.1) is 0 Å². The number of carboxylic acids is 1. The summed E-state index contributed by atoms with van der Waals surface area (Å²) in [7, 11) is 0. The lowest BCUT2D eigenvalue weighted by molar-refractivity contribution is -0.159. The Morgan fingerprint density at radius 3 is 1.92 bits per heavy atom. The highest BCUT2D eigenvalue weighted by Gasteiger charge is 2.37. The van der Waals surface area contributed by atoms with Gasteiger partial charge in [0.1, 0.15) is 11.6 Å². The number of hydrogen-bond donors (Lipinski definition) is 3. The molecule has 1 saturated heterocycles. The highest BCUT2D eigenvalue weighted by Crippen LogP contribution is 2.26. The van der Waals surface area contributed by atoms with Crippen molar-refractivity contribution in [1.29, 1.82) is 0 Å². The second-order valence-electron chi connectivity index (χ2n) is 11.2. The molecule has 1 fully saturated rings. The number of ether oxygens (including phenoxy) is 1. The Hall–Kier alpha value is -2.45. The zero-order valence-corrected chi connectivity index (χ0v) is 23.8. The lowest BCUT2D eigenvalue weighted by atomic mass is 9.92. The van der Waals surface area contributed by atoms with Crippen molar-refractivity contribution in [3.05, 3.63) is 0 Å². The molecule has 1 aliphatic rings. The van der Waals surface area contributed by atoms with Crippen LogP contribution in [0.2, 0.25) is 0 Å². The van der Waals surface area contributed by atoms with Gasteiger partial charge < -0.3 is 15.2 Å². The maximum Gasteiger partial charge on any atom is 0.326 e. The van der Waals surface area contributed by atoms with Crippen molar-refractivity contribution >= 4 is 29.7 Å². The lowest BCUT2D eigenvalue weighted by Crippen LogP contribution is -2.41. The van der Waals surface area contributed by atoms with E-state index in [9.17, 15) is 29.1 Å². The molecule has 0 radical (unpaired) electrons. The monoisotopic (exact) mass is 538 g/mol. The molecule has 1 aliphatic heterocycles. The second kappa shape index (κ2) is 18.7. The third-order valence-corrected chi connectivity index (χ3v) is 6.97. The summed E-state index contributed by atoms with van der Waals surface area (Å²) in [6.45, 7) is 5.53. The van der Waals surface area contributed by atoms with E-state index < -0.39 is 29.5 Å². The van der Waals surface area contributed by atoms with Crippen molar-refractivity contribution in [2.24, 2.45) is 5.92 Å². The van der Waals surface area contributed by atoms with Gasteiger partial charge in [0.2, 0.25) is 17.7 Å². The maximum absolute atomic E-state index is 12.3. The first-order valence-corrected chi connectivity index (χ1v) is 14.6. The summed E-state index contributed by atoms with van der Waals surface area (Å²) in [5, 5.41) is 14.2. The Kier molecular flexibility index (Phi) is 16.6. The van der Waals surface area contributed by atoms with Crippen LogP contribution in [0.4, 0.5) is 0 Å². The summed E-state index contributed by atoms with van der Waals surface area (Å²) in [4.78, 5) is 59.2. The molecule has 3 N–H and O–H groups in total. The predicted molar refractivity (Wildman–Crippen MR) is 145 cm³/mol. The third kappa shape index (κ3) is 15.7. The number of nitrogens with one attached hydrogen (secondary N) is 2. The Labute approximate surface area is 228 Å². The van der Waals surface area contributed by atoms with E-state index in [1.807, 2.05) is 0 Å². The molecule has 0 spiro atoms. The van der Waals surface area contributed by atoms with Gasteiger partial charge in [0.25, 0.3) is 0 Å². The summed E-state index contributed by atoms with van der Waals surface area (Å²) in [6, 6.07) is -1.17. The van der Waals surface area contributed by atoms with E-state index in [2.05, 4.69) is 17.6 Å². The minimum Gasteiger partial charge on any atom is -0.480 e. The minimum atomic E-state index is -1.20. The number of carbonyl (C=O) groups is 5. The average Bonchev–Trinajstić information content (AvgIpc) is 3.14. The minimum absolute atomic E-state index is 0.0617. The van der Waals surface area contributed by atoms with E-state index in [0.29, 0.717) is 6.42 Å². The number of rotatable bonds is 22. The Bertz CT molecular complexity index is 766. The molecule has 218 valence electrons. The van der Waals surface area contributed by atoms with Crippen molar-refractivity contribution in [2.75, 3.05) is 0 Å². The lowest BCUT2D eigenvalue weighted by Gasteiger charge is -2.27. The van der Waals surface area contributed by atoms with Gasteiger partial charge in [-0.1, -0.05) is 84.0 Å². The molecule has 0 aromatic carbocycles. The highest BCUT2D eigenvalue weighted by atomic mass is 16.6. The summed E-state index contributed by atoms with van der Waals surface area (Å²) >= 11 is 0.